The molecule has 0 saturated heterocycles. The lowest BCUT2D eigenvalue weighted by molar-refractivity contribution is -0.385. The Labute approximate surface area is 120 Å². The van der Waals surface area contributed by atoms with Crippen LogP contribution in [0, 0.1) is 10.1 Å². The van der Waals surface area contributed by atoms with E-state index in [1.165, 1.54) is 13.0 Å². The Kier molecular flexibility index (Phi) is 5.94. The summed E-state index contributed by atoms with van der Waals surface area (Å²) in [6.45, 7) is 1.51. The second-order valence-corrected chi connectivity index (χ2v) is 4.48. The molecule has 3 N–H and O–H groups in total. The van der Waals surface area contributed by atoms with E-state index in [4.69, 9.17) is 0 Å². The fraction of sp³-hybridized carbons (Fsp3) is 0.385. The Bertz CT molecular complexity index is 545. The van der Waals surface area contributed by atoms with Crippen LogP contribution in [0.4, 0.5) is 5.69 Å². The highest BCUT2D eigenvalue weighted by molar-refractivity contribution is 5.81. The van der Waals surface area contributed by atoms with E-state index < -0.39 is 17.1 Å². The van der Waals surface area contributed by atoms with E-state index >= 15 is 0 Å². The van der Waals surface area contributed by atoms with Gasteiger partial charge >= 0.3 is 0 Å². The molecule has 2 unspecified atom stereocenters. The normalized spacial score (nSPS) is 13.3. The number of amides is 1. The van der Waals surface area contributed by atoms with Crippen LogP contribution in [0.5, 0.6) is 0 Å². The number of nitro benzene ring substituents is 1. The van der Waals surface area contributed by atoms with Crippen LogP contribution in [-0.4, -0.2) is 40.0 Å². The van der Waals surface area contributed by atoms with Crippen molar-refractivity contribution in [2.45, 2.75) is 25.6 Å². The third-order valence-corrected chi connectivity index (χ3v) is 2.90. The van der Waals surface area contributed by atoms with Gasteiger partial charge in [0, 0.05) is 19.5 Å². The highest BCUT2D eigenvalue weighted by Gasteiger charge is 2.21. The van der Waals surface area contributed by atoms with Crippen LogP contribution in [0.2, 0.25) is 0 Å². The summed E-state index contributed by atoms with van der Waals surface area (Å²) in [5.74, 6) is -0.254. The first-order valence-corrected chi connectivity index (χ1v) is 6.21. The van der Waals surface area contributed by atoms with Crippen LogP contribution in [-0.2, 0) is 4.79 Å². The minimum atomic E-state index is -1.31. The van der Waals surface area contributed by atoms with E-state index in [2.05, 4.69) is 5.32 Å². The molecule has 1 amide bonds. The number of carbonyl (C=O) groups excluding carboxylic acids is 2. The molecule has 0 aliphatic carbocycles. The number of aldehydes is 1. The number of hydrogen-bond donors (Lipinski definition) is 3. The molecule has 1 aromatic carbocycles. The molecule has 0 fully saturated rings. The van der Waals surface area contributed by atoms with Crippen molar-refractivity contribution in [3.8, 4) is 0 Å². The van der Waals surface area contributed by atoms with Gasteiger partial charge in [0.25, 0.3) is 5.69 Å². The van der Waals surface area contributed by atoms with Crippen molar-refractivity contribution in [3.05, 3.63) is 39.4 Å². The average molecular weight is 296 g/mol. The predicted octanol–water partition coefficient (Wildman–Crippen LogP) is 0.328. The smallest absolute Gasteiger partial charge is 0.279 e. The van der Waals surface area contributed by atoms with Gasteiger partial charge < -0.3 is 15.5 Å². The molecule has 0 aliphatic rings. The molecule has 8 nitrogen and oxygen atoms in total. The van der Waals surface area contributed by atoms with Crippen molar-refractivity contribution in [1.82, 2.24) is 5.32 Å². The molecule has 1 aromatic rings. The Balaban J connectivity index is 2.82. The Morgan fingerprint density at radius 1 is 1.48 bits per heavy atom. The van der Waals surface area contributed by atoms with Crippen LogP contribution in [0.15, 0.2) is 18.2 Å². The van der Waals surface area contributed by atoms with Gasteiger partial charge in [0.2, 0.25) is 5.91 Å². The molecule has 0 bridgehead atoms. The molecule has 0 radical (unpaired) electrons. The maximum absolute atomic E-state index is 10.8. The third-order valence-electron chi connectivity index (χ3n) is 2.90. The molecule has 1 rings (SSSR count). The molecule has 114 valence electrons. The van der Waals surface area contributed by atoms with Crippen molar-refractivity contribution in [1.29, 1.82) is 0 Å². The zero-order chi connectivity index (χ0) is 16.0. The summed E-state index contributed by atoms with van der Waals surface area (Å²) in [6, 6.07) is 3.54. The number of aliphatic hydroxyl groups is 2. The molecule has 21 heavy (non-hydrogen) atoms. The van der Waals surface area contributed by atoms with Crippen molar-refractivity contribution in [3.63, 3.8) is 0 Å². The highest BCUT2D eigenvalue weighted by Crippen LogP contribution is 2.24. The number of nitrogens with one attached hydrogen (secondary N) is 1. The summed E-state index contributed by atoms with van der Waals surface area (Å²) in [5.41, 5.74) is -0.350. The molecule has 0 heterocycles. The second kappa shape index (κ2) is 7.46. The molecule has 0 spiro atoms. The number of nitrogens with zero attached hydrogens (tertiary/aromatic N) is 1. The van der Waals surface area contributed by atoms with Gasteiger partial charge in [-0.2, -0.15) is 0 Å². The predicted molar refractivity (Wildman–Crippen MR) is 72.8 cm³/mol. The van der Waals surface area contributed by atoms with E-state index in [1.807, 2.05) is 0 Å². The van der Waals surface area contributed by atoms with Gasteiger partial charge in [-0.3, -0.25) is 19.7 Å². The zero-order valence-electron chi connectivity index (χ0n) is 11.4. The minimum Gasteiger partial charge on any atom is -0.390 e. The van der Waals surface area contributed by atoms with Crippen LogP contribution < -0.4 is 5.32 Å². The van der Waals surface area contributed by atoms with Gasteiger partial charge in [-0.05, 0) is 24.1 Å². The van der Waals surface area contributed by atoms with Crippen molar-refractivity contribution >= 4 is 17.9 Å². The van der Waals surface area contributed by atoms with Crippen LogP contribution in [0.3, 0.4) is 0 Å². The molecule has 2 atom stereocenters. The van der Waals surface area contributed by atoms with Gasteiger partial charge in [-0.15, -0.1) is 0 Å². The Hall–Kier alpha value is -2.32. The number of aliphatic hydroxyl groups excluding tert-OH is 2. The first-order chi connectivity index (χ1) is 9.86. The molecule has 8 heteroatoms. The van der Waals surface area contributed by atoms with E-state index in [0.717, 1.165) is 12.1 Å². The third kappa shape index (κ3) is 4.62. The zero-order valence-corrected chi connectivity index (χ0v) is 11.4. The lowest BCUT2D eigenvalue weighted by Gasteiger charge is -2.18. The summed E-state index contributed by atoms with van der Waals surface area (Å²) in [6.07, 6.45) is -2.05. The van der Waals surface area contributed by atoms with Crippen molar-refractivity contribution < 1.29 is 24.7 Å². The lowest BCUT2D eigenvalue weighted by Crippen LogP contribution is -2.27. The Morgan fingerprint density at radius 3 is 2.67 bits per heavy atom. The van der Waals surface area contributed by atoms with Gasteiger partial charge in [0.1, 0.15) is 6.10 Å². The molecule has 0 saturated carbocycles. The molecular formula is C13H16N2O6. The maximum atomic E-state index is 10.8. The number of carbonyl (C=O) groups is 2. The van der Waals surface area contributed by atoms with E-state index in [0.29, 0.717) is 6.29 Å². The Morgan fingerprint density at radius 2 is 2.14 bits per heavy atom. The van der Waals surface area contributed by atoms with Gasteiger partial charge in [0.15, 0.2) is 6.29 Å². The lowest BCUT2D eigenvalue weighted by atomic mass is 9.99. The maximum Gasteiger partial charge on any atom is 0.279 e. The first kappa shape index (κ1) is 16.7. The monoisotopic (exact) mass is 296 g/mol. The molecule has 0 aromatic heterocycles. The van der Waals surface area contributed by atoms with E-state index in [1.54, 1.807) is 0 Å². The summed E-state index contributed by atoms with van der Waals surface area (Å²) >= 11 is 0. The summed E-state index contributed by atoms with van der Waals surface area (Å²) in [7, 11) is 0. The summed E-state index contributed by atoms with van der Waals surface area (Å²) < 4.78 is 0. The molecule has 0 aliphatic heterocycles. The van der Waals surface area contributed by atoms with Crippen LogP contribution >= 0.6 is 0 Å². The van der Waals surface area contributed by atoms with E-state index in [9.17, 15) is 29.9 Å². The number of nitro groups is 1. The summed E-state index contributed by atoms with van der Waals surface area (Å²) in [4.78, 5) is 31.5. The number of benzene rings is 1. The number of hydrogen-bond acceptors (Lipinski definition) is 6. The van der Waals surface area contributed by atoms with Crippen molar-refractivity contribution in [2.75, 3.05) is 6.54 Å². The van der Waals surface area contributed by atoms with Gasteiger partial charge in [0.05, 0.1) is 16.6 Å². The average Bonchev–Trinajstić information content (AvgIpc) is 2.45. The SMILES string of the molecule is CC(=O)NCCC(O)C(O)c1ccc([N+](=O)[O-])c(C=O)c1. The standard InChI is InChI=1S/C13H16N2O6/c1-8(17)14-5-4-12(18)13(19)9-2-3-11(15(20)21)10(6-9)7-16/h2-3,6-7,12-13,18-19H,4-5H2,1H3,(H,14,17). The minimum absolute atomic E-state index is 0.105. The fourth-order valence-electron chi connectivity index (χ4n) is 1.79. The second-order valence-electron chi connectivity index (χ2n) is 4.48. The largest absolute Gasteiger partial charge is 0.390 e. The van der Waals surface area contributed by atoms with Crippen LogP contribution in [0.25, 0.3) is 0 Å². The highest BCUT2D eigenvalue weighted by atomic mass is 16.6. The van der Waals surface area contributed by atoms with Gasteiger partial charge in [-0.1, -0.05) is 0 Å². The van der Waals surface area contributed by atoms with Gasteiger partial charge in [-0.25, -0.2) is 0 Å². The first-order valence-electron chi connectivity index (χ1n) is 6.21. The number of rotatable bonds is 7. The topological polar surface area (TPSA) is 130 Å². The van der Waals surface area contributed by atoms with E-state index in [-0.39, 0.29) is 35.7 Å². The quantitative estimate of drug-likeness (QED) is 0.377. The van der Waals surface area contributed by atoms with Crippen molar-refractivity contribution in [2.24, 2.45) is 0 Å². The summed E-state index contributed by atoms with van der Waals surface area (Å²) in [5, 5.41) is 32.9. The van der Waals surface area contributed by atoms with Crippen LogP contribution in [0.1, 0.15) is 35.4 Å². The molecular weight excluding hydrogens is 280 g/mol. The fourth-order valence-corrected chi connectivity index (χ4v) is 1.79.